The van der Waals surface area contributed by atoms with Gasteiger partial charge < -0.3 is 10.1 Å². The number of carbonyl (C=O) groups is 4. The molecule has 2 rings (SSSR count). The van der Waals surface area contributed by atoms with Crippen LogP contribution in [0.1, 0.15) is 12.5 Å². The monoisotopic (exact) mass is 349 g/mol. The Bertz CT molecular complexity index is 690. The van der Waals surface area contributed by atoms with E-state index < -0.39 is 29.6 Å². The molecule has 0 spiro atoms. The van der Waals surface area contributed by atoms with Crippen molar-refractivity contribution in [2.45, 2.75) is 6.92 Å². The van der Waals surface area contributed by atoms with Gasteiger partial charge in [-0.05, 0) is 29.5 Å². The topological polar surface area (TPSA) is 106 Å². The number of ether oxygens (including phenoxy) is 1. The van der Waals surface area contributed by atoms with Crippen molar-refractivity contribution in [3.8, 4) is 0 Å². The molecule has 1 N–H and O–H groups in total. The second-order valence-corrected chi connectivity index (χ2v) is 5.74. The number of nitrogens with one attached hydrogen (secondary N) is 1. The average Bonchev–Trinajstić information content (AvgIpc) is 2.81. The molecule has 1 aliphatic heterocycles. The average molecular weight is 349 g/mol. The molecule has 0 unspecified atom stereocenters. The van der Waals surface area contributed by atoms with Crippen LogP contribution in [0.4, 0.5) is 4.79 Å². The number of hydrogen-bond donors (Lipinski definition) is 1. The zero-order chi connectivity index (χ0) is 17.5. The van der Waals surface area contributed by atoms with Crippen molar-refractivity contribution in [3.05, 3.63) is 35.0 Å². The fourth-order valence-electron chi connectivity index (χ4n) is 1.83. The van der Waals surface area contributed by atoms with Crippen molar-refractivity contribution in [3.63, 3.8) is 0 Å². The van der Waals surface area contributed by atoms with Gasteiger partial charge in [0.15, 0.2) is 6.61 Å². The summed E-state index contributed by atoms with van der Waals surface area (Å²) in [7, 11) is 0. The van der Waals surface area contributed by atoms with Crippen molar-refractivity contribution >= 4 is 40.9 Å². The molecule has 1 saturated heterocycles. The van der Waals surface area contributed by atoms with Crippen LogP contribution in [0.3, 0.4) is 0 Å². The molecule has 3 amide bonds. The number of imide groups is 1. The molecule has 0 aromatic carbocycles. The number of aromatic nitrogens is 1. The Morgan fingerprint density at radius 1 is 1.42 bits per heavy atom. The Morgan fingerprint density at radius 3 is 2.88 bits per heavy atom. The van der Waals surface area contributed by atoms with Crippen molar-refractivity contribution in [1.29, 1.82) is 0 Å². The lowest BCUT2D eigenvalue weighted by Gasteiger charge is -2.12. The van der Waals surface area contributed by atoms with Crippen LogP contribution in [0.25, 0.3) is 6.08 Å². The number of pyridine rings is 1. The lowest BCUT2D eigenvalue weighted by molar-refractivity contribution is -0.146. The molecule has 0 radical (unpaired) electrons. The fourth-order valence-corrected chi connectivity index (χ4v) is 2.70. The lowest BCUT2D eigenvalue weighted by atomic mass is 10.2. The number of hydrogen-bond acceptors (Lipinski definition) is 7. The van der Waals surface area contributed by atoms with E-state index in [4.69, 9.17) is 0 Å². The van der Waals surface area contributed by atoms with Crippen molar-refractivity contribution < 1.29 is 23.9 Å². The molecule has 9 heteroatoms. The van der Waals surface area contributed by atoms with Gasteiger partial charge in [-0.15, -0.1) is 0 Å². The van der Waals surface area contributed by atoms with Crippen LogP contribution >= 0.6 is 11.8 Å². The largest absolute Gasteiger partial charge is 0.456 e. The molecule has 1 aromatic rings. The normalized spacial score (nSPS) is 15.7. The van der Waals surface area contributed by atoms with E-state index in [-0.39, 0.29) is 13.1 Å². The van der Waals surface area contributed by atoms with Gasteiger partial charge in [0.05, 0.1) is 4.91 Å². The highest BCUT2D eigenvalue weighted by Gasteiger charge is 2.34. The van der Waals surface area contributed by atoms with E-state index in [1.165, 1.54) is 6.92 Å². The summed E-state index contributed by atoms with van der Waals surface area (Å²) in [5.41, 5.74) is 0.720. The summed E-state index contributed by atoms with van der Waals surface area (Å²) < 4.78 is 4.53. The van der Waals surface area contributed by atoms with Gasteiger partial charge in [-0.3, -0.25) is 29.1 Å². The minimum absolute atomic E-state index is 0.0425. The number of thioether (sulfide) groups is 1. The highest BCUT2D eigenvalue weighted by Crippen LogP contribution is 2.31. The molecule has 0 bridgehead atoms. The minimum Gasteiger partial charge on any atom is -0.456 e. The highest BCUT2D eigenvalue weighted by atomic mass is 32.2. The highest BCUT2D eigenvalue weighted by molar-refractivity contribution is 8.18. The lowest BCUT2D eigenvalue weighted by Crippen LogP contribution is -2.38. The summed E-state index contributed by atoms with van der Waals surface area (Å²) >= 11 is 0.838. The van der Waals surface area contributed by atoms with Crippen LogP contribution in [-0.4, -0.2) is 52.6 Å². The van der Waals surface area contributed by atoms with Crippen LogP contribution in [0.15, 0.2) is 29.4 Å². The molecule has 24 heavy (non-hydrogen) atoms. The Kier molecular flexibility index (Phi) is 6.07. The Balaban J connectivity index is 1.87. The quantitative estimate of drug-likeness (QED) is 0.598. The third-order valence-electron chi connectivity index (χ3n) is 2.92. The molecule has 126 valence electrons. The maximum atomic E-state index is 12.2. The molecule has 1 aliphatic rings. The van der Waals surface area contributed by atoms with E-state index in [0.29, 0.717) is 4.91 Å². The first kappa shape index (κ1) is 17.7. The predicted molar refractivity (Wildman–Crippen MR) is 86.6 cm³/mol. The molecule has 0 atom stereocenters. The summed E-state index contributed by atoms with van der Waals surface area (Å²) in [6.07, 6.45) is 4.79. The Hall–Kier alpha value is -2.68. The van der Waals surface area contributed by atoms with E-state index in [9.17, 15) is 19.2 Å². The second-order valence-electron chi connectivity index (χ2n) is 4.75. The first-order valence-electron chi connectivity index (χ1n) is 7.03. The maximum Gasteiger partial charge on any atom is 0.303 e. The van der Waals surface area contributed by atoms with E-state index >= 15 is 0 Å². The van der Waals surface area contributed by atoms with Crippen LogP contribution in [0, 0.1) is 0 Å². The third-order valence-corrected chi connectivity index (χ3v) is 3.83. The first-order chi connectivity index (χ1) is 11.5. The Labute approximate surface area is 142 Å². The summed E-state index contributed by atoms with van der Waals surface area (Å²) in [4.78, 5) is 51.4. The Morgan fingerprint density at radius 2 is 2.21 bits per heavy atom. The number of esters is 1. The van der Waals surface area contributed by atoms with Crippen LogP contribution in [-0.2, 0) is 19.1 Å². The van der Waals surface area contributed by atoms with Crippen molar-refractivity contribution in [2.24, 2.45) is 0 Å². The smallest absolute Gasteiger partial charge is 0.303 e. The summed E-state index contributed by atoms with van der Waals surface area (Å²) in [6.45, 7) is 0.930. The number of rotatable bonds is 6. The zero-order valence-corrected chi connectivity index (χ0v) is 13.7. The van der Waals surface area contributed by atoms with E-state index in [0.717, 1.165) is 22.2 Å². The van der Waals surface area contributed by atoms with Crippen molar-refractivity contribution in [2.75, 3.05) is 19.7 Å². The molecular formula is C15H15N3O5S. The maximum absolute atomic E-state index is 12.2. The minimum atomic E-state index is -0.559. The van der Waals surface area contributed by atoms with Gasteiger partial charge in [0.2, 0.25) is 0 Å². The predicted octanol–water partition coefficient (Wildman–Crippen LogP) is 0.797. The van der Waals surface area contributed by atoms with Gasteiger partial charge in [0.25, 0.3) is 17.1 Å². The van der Waals surface area contributed by atoms with Crippen LogP contribution in [0.5, 0.6) is 0 Å². The molecule has 0 aliphatic carbocycles. The summed E-state index contributed by atoms with van der Waals surface area (Å²) in [5.74, 6) is -1.47. The van der Waals surface area contributed by atoms with Crippen LogP contribution < -0.4 is 5.32 Å². The third kappa shape index (κ3) is 4.92. The van der Waals surface area contributed by atoms with Gasteiger partial charge in [-0.25, -0.2) is 0 Å². The van der Waals surface area contributed by atoms with E-state index in [2.05, 4.69) is 15.0 Å². The SMILES string of the molecule is CC(=O)OCC(=O)NCCN1C(=O)S/C(=C\c2cccnc2)C1=O. The number of amides is 3. The molecule has 2 heterocycles. The van der Waals surface area contributed by atoms with Gasteiger partial charge >= 0.3 is 5.97 Å². The van der Waals surface area contributed by atoms with Gasteiger partial charge in [-0.2, -0.15) is 0 Å². The van der Waals surface area contributed by atoms with Crippen molar-refractivity contribution in [1.82, 2.24) is 15.2 Å². The van der Waals surface area contributed by atoms with Gasteiger partial charge in [-0.1, -0.05) is 6.07 Å². The standard InChI is InChI=1S/C15H15N3O5S/c1-10(19)23-9-13(20)17-5-6-18-14(21)12(24-15(18)22)7-11-3-2-4-16-8-11/h2-4,7-8H,5-6,9H2,1H3,(H,17,20)/b12-7-. The molecular weight excluding hydrogens is 334 g/mol. The van der Waals surface area contributed by atoms with Crippen LogP contribution in [0.2, 0.25) is 0 Å². The number of nitrogens with zero attached hydrogens (tertiary/aromatic N) is 2. The molecule has 0 saturated carbocycles. The van der Waals surface area contributed by atoms with Gasteiger partial charge in [0.1, 0.15) is 0 Å². The fraction of sp³-hybridized carbons (Fsp3) is 0.267. The molecule has 1 aromatic heterocycles. The van der Waals surface area contributed by atoms with Gasteiger partial charge in [0, 0.05) is 32.4 Å². The summed E-state index contributed by atoms with van der Waals surface area (Å²) in [5, 5.41) is 2.07. The van der Waals surface area contributed by atoms with E-state index in [1.54, 1.807) is 30.6 Å². The zero-order valence-electron chi connectivity index (χ0n) is 12.9. The molecule has 8 nitrogen and oxygen atoms in total. The first-order valence-corrected chi connectivity index (χ1v) is 7.84. The second kappa shape index (κ2) is 8.25. The molecule has 1 fully saturated rings. The number of carbonyl (C=O) groups excluding carboxylic acids is 4. The summed E-state index contributed by atoms with van der Waals surface area (Å²) in [6, 6.07) is 3.50. The van der Waals surface area contributed by atoms with E-state index in [1.807, 2.05) is 0 Å².